The molecule has 1 saturated heterocycles. The van der Waals surface area contributed by atoms with Crippen molar-refractivity contribution in [3.05, 3.63) is 94.0 Å². The molecule has 5 rings (SSSR count). The fourth-order valence-electron chi connectivity index (χ4n) is 4.76. The zero-order valence-electron chi connectivity index (χ0n) is 20.7. The largest absolute Gasteiger partial charge is 0.357 e. The van der Waals surface area contributed by atoms with Crippen LogP contribution in [0.2, 0.25) is 0 Å². The molecule has 2 aromatic heterocycles. The first-order valence-corrected chi connectivity index (χ1v) is 12.6. The molecule has 0 amide bonds. The monoisotopic (exact) mass is 467 g/mol. The molecule has 1 fully saturated rings. The first kappa shape index (κ1) is 24.3. The van der Waals surface area contributed by atoms with Crippen LogP contribution in [-0.4, -0.2) is 27.2 Å². The highest BCUT2D eigenvalue weighted by Crippen LogP contribution is 2.32. The zero-order valence-corrected chi connectivity index (χ0v) is 20.7. The summed E-state index contributed by atoms with van der Waals surface area (Å²) in [5.74, 6) is 0.835. The molecule has 180 valence electrons. The Balaban J connectivity index is 0.00000141. The molecule has 0 bridgehead atoms. The molecule has 1 aliphatic rings. The third-order valence-corrected chi connectivity index (χ3v) is 6.44. The van der Waals surface area contributed by atoms with Gasteiger partial charge in [-0.2, -0.15) is 5.26 Å². The molecule has 0 aliphatic carbocycles. The summed E-state index contributed by atoms with van der Waals surface area (Å²) in [6.07, 6.45) is 5.72. The lowest BCUT2D eigenvalue weighted by molar-refractivity contribution is 0.564. The van der Waals surface area contributed by atoms with Crippen LogP contribution < -0.4 is 10.5 Å². The van der Waals surface area contributed by atoms with Crippen molar-refractivity contribution in [2.75, 3.05) is 18.0 Å². The van der Waals surface area contributed by atoms with Crippen LogP contribution >= 0.6 is 0 Å². The summed E-state index contributed by atoms with van der Waals surface area (Å²) in [6.45, 7) is 6.86. The predicted octanol–water partition coefficient (Wildman–Crippen LogP) is 5.38. The van der Waals surface area contributed by atoms with Gasteiger partial charge in [0, 0.05) is 26.2 Å². The van der Waals surface area contributed by atoms with Crippen molar-refractivity contribution in [2.24, 2.45) is 0 Å². The zero-order chi connectivity index (χ0) is 24.6. The van der Waals surface area contributed by atoms with Crippen LogP contribution in [0.1, 0.15) is 49.8 Å². The van der Waals surface area contributed by atoms with Crippen LogP contribution in [-0.2, 0) is 19.5 Å². The van der Waals surface area contributed by atoms with E-state index in [1.807, 2.05) is 54.8 Å². The molecular formula is C29H33N5O. The van der Waals surface area contributed by atoms with Gasteiger partial charge in [-0.25, -0.2) is 4.98 Å². The summed E-state index contributed by atoms with van der Waals surface area (Å²) in [5.41, 5.74) is 3.72. The Morgan fingerprint density at radius 1 is 0.914 bits per heavy atom. The third-order valence-electron chi connectivity index (χ3n) is 6.44. The molecule has 0 atom stereocenters. The number of fused-ring (bicyclic) bond motifs is 1. The van der Waals surface area contributed by atoms with Gasteiger partial charge in [0.05, 0.1) is 6.33 Å². The number of hydrogen-bond acceptors (Lipinski definition) is 4. The maximum atomic E-state index is 13.7. The van der Waals surface area contributed by atoms with Gasteiger partial charge in [0.25, 0.3) is 5.56 Å². The Labute approximate surface area is 207 Å². The Morgan fingerprint density at radius 2 is 1.54 bits per heavy atom. The van der Waals surface area contributed by atoms with Crippen LogP contribution in [0, 0.1) is 11.3 Å². The highest BCUT2D eigenvalue weighted by Gasteiger charge is 2.26. The summed E-state index contributed by atoms with van der Waals surface area (Å²) in [5, 5.41) is 10.1. The number of anilines is 1. The quantitative estimate of drug-likeness (QED) is 0.382. The summed E-state index contributed by atoms with van der Waals surface area (Å²) in [4.78, 5) is 20.6. The fraction of sp³-hybridized carbons (Fsp3) is 0.345. The van der Waals surface area contributed by atoms with Crippen LogP contribution in [0.4, 0.5) is 5.82 Å². The maximum absolute atomic E-state index is 13.7. The fourth-order valence-corrected chi connectivity index (χ4v) is 4.76. The van der Waals surface area contributed by atoms with Gasteiger partial charge in [0.2, 0.25) is 0 Å². The smallest absolute Gasteiger partial charge is 0.277 e. The molecule has 0 unspecified atom stereocenters. The van der Waals surface area contributed by atoms with E-state index >= 15 is 0 Å². The van der Waals surface area contributed by atoms with E-state index < -0.39 is 0 Å². The van der Waals surface area contributed by atoms with E-state index in [1.165, 1.54) is 12.0 Å². The van der Waals surface area contributed by atoms with Crippen molar-refractivity contribution in [1.82, 2.24) is 14.1 Å². The molecule has 3 heterocycles. The number of aryl methyl sites for hydroxylation is 2. The number of hydrogen-bond donors (Lipinski definition) is 0. The molecule has 35 heavy (non-hydrogen) atoms. The third kappa shape index (κ3) is 5.14. The van der Waals surface area contributed by atoms with E-state index in [2.05, 4.69) is 40.2 Å². The lowest BCUT2D eigenvalue weighted by atomic mass is 10.1. The number of benzene rings is 2. The second-order valence-corrected chi connectivity index (χ2v) is 8.61. The first-order valence-electron chi connectivity index (χ1n) is 12.6. The summed E-state index contributed by atoms with van der Waals surface area (Å²) >= 11 is 0. The van der Waals surface area contributed by atoms with Gasteiger partial charge in [0.15, 0.2) is 0 Å². The Kier molecular flexibility index (Phi) is 7.99. The average molecular weight is 468 g/mol. The van der Waals surface area contributed by atoms with Crippen molar-refractivity contribution in [3.8, 4) is 6.07 Å². The average Bonchev–Trinajstić information content (AvgIpc) is 3.24. The van der Waals surface area contributed by atoms with E-state index in [-0.39, 0.29) is 5.56 Å². The molecule has 0 radical (unpaired) electrons. The van der Waals surface area contributed by atoms with Crippen molar-refractivity contribution >= 4 is 16.9 Å². The van der Waals surface area contributed by atoms with Gasteiger partial charge >= 0.3 is 0 Å². The molecular weight excluding hydrogens is 434 g/mol. The first-order chi connectivity index (χ1) is 17.3. The van der Waals surface area contributed by atoms with Crippen molar-refractivity contribution in [3.63, 3.8) is 0 Å². The Hall–Kier alpha value is -3.85. The molecule has 6 heteroatoms. The van der Waals surface area contributed by atoms with Crippen LogP contribution in [0.5, 0.6) is 0 Å². The van der Waals surface area contributed by atoms with E-state index in [0.717, 1.165) is 43.7 Å². The number of rotatable bonds is 6. The number of nitrogens with zero attached hydrogens (tertiary/aromatic N) is 5. The standard InChI is InChI=1S/C27H27N5O.C2H6/c28-18-23-24-25(27(33)31(20-29-24)17-14-21-10-4-1-5-11-21)32(19-22-12-6-2-7-13-22)26(23)30-15-8-3-9-16-30;1-2/h1-2,4-7,10-13,20H,3,8-9,14-17,19H2;1-2H3. The molecule has 2 aromatic carbocycles. The van der Waals surface area contributed by atoms with Gasteiger partial charge < -0.3 is 9.47 Å². The lowest BCUT2D eigenvalue weighted by Gasteiger charge is -2.30. The topological polar surface area (TPSA) is 66.8 Å². The highest BCUT2D eigenvalue weighted by molar-refractivity contribution is 5.89. The van der Waals surface area contributed by atoms with Gasteiger partial charge in [-0.15, -0.1) is 0 Å². The van der Waals surface area contributed by atoms with Gasteiger partial charge in [0.1, 0.15) is 28.5 Å². The maximum Gasteiger partial charge on any atom is 0.277 e. The minimum Gasteiger partial charge on any atom is -0.357 e. The van der Waals surface area contributed by atoms with Crippen LogP contribution in [0.15, 0.2) is 71.8 Å². The lowest BCUT2D eigenvalue weighted by Crippen LogP contribution is -2.32. The minimum absolute atomic E-state index is 0.0911. The van der Waals surface area contributed by atoms with Crippen LogP contribution in [0.3, 0.4) is 0 Å². The summed E-state index contributed by atoms with van der Waals surface area (Å²) in [7, 11) is 0. The molecule has 0 spiro atoms. The molecule has 6 nitrogen and oxygen atoms in total. The second-order valence-electron chi connectivity index (χ2n) is 8.61. The van der Waals surface area contributed by atoms with Crippen molar-refractivity contribution in [2.45, 2.75) is 52.6 Å². The summed E-state index contributed by atoms with van der Waals surface area (Å²) in [6, 6.07) is 22.6. The van der Waals surface area contributed by atoms with E-state index in [4.69, 9.17) is 0 Å². The van der Waals surface area contributed by atoms with Gasteiger partial charge in [-0.1, -0.05) is 74.5 Å². The van der Waals surface area contributed by atoms with E-state index in [1.54, 1.807) is 10.9 Å². The highest BCUT2D eigenvalue weighted by atomic mass is 16.1. The molecule has 4 aromatic rings. The normalized spacial score (nSPS) is 13.2. The number of piperidine rings is 1. The second kappa shape index (κ2) is 11.5. The molecule has 0 saturated carbocycles. The van der Waals surface area contributed by atoms with E-state index in [0.29, 0.717) is 29.7 Å². The molecule has 1 aliphatic heterocycles. The number of aromatic nitrogens is 3. The predicted molar refractivity (Wildman–Crippen MR) is 142 cm³/mol. The molecule has 0 N–H and O–H groups in total. The van der Waals surface area contributed by atoms with Gasteiger partial charge in [-0.05, 0) is 36.8 Å². The van der Waals surface area contributed by atoms with E-state index in [9.17, 15) is 10.1 Å². The minimum atomic E-state index is -0.0911. The summed E-state index contributed by atoms with van der Waals surface area (Å²) < 4.78 is 3.71. The van der Waals surface area contributed by atoms with Crippen LogP contribution in [0.25, 0.3) is 11.0 Å². The SMILES string of the molecule is CC.N#Cc1c(N2CCCCC2)n(Cc2ccccc2)c2c(=O)n(CCc3ccccc3)cnc12. The Bertz CT molecular complexity index is 1340. The van der Waals surface area contributed by atoms with Gasteiger partial charge in [-0.3, -0.25) is 9.36 Å². The van der Waals surface area contributed by atoms with Crippen molar-refractivity contribution in [1.29, 1.82) is 5.26 Å². The Morgan fingerprint density at radius 3 is 2.17 bits per heavy atom. The number of nitriles is 1. The van der Waals surface area contributed by atoms with Crippen molar-refractivity contribution < 1.29 is 0 Å².